The van der Waals surface area contributed by atoms with E-state index >= 15 is 0 Å². The molecule has 0 spiro atoms. The van der Waals surface area contributed by atoms with Crippen molar-refractivity contribution in [3.8, 4) is 5.75 Å². The summed E-state index contributed by atoms with van der Waals surface area (Å²) in [6.45, 7) is 0. The van der Waals surface area contributed by atoms with E-state index < -0.39 is 6.10 Å². The predicted octanol–water partition coefficient (Wildman–Crippen LogP) is 5.34. The van der Waals surface area contributed by atoms with Gasteiger partial charge in [-0.15, -0.1) is 11.3 Å². The van der Waals surface area contributed by atoms with Gasteiger partial charge in [0.2, 0.25) is 5.95 Å². The third-order valence-corrected chi connectivity index (χ3v) is 6.98. The summed E-state index contributed by atoms with van der Waals surface area (Å²) in [5.74, 6) is 0.986. The lowest BCUT2D eigenvalue weighted by atomic mass is 9.86. The third-order valence-electron chi connectivity index (χ3n) is 5.82. The highest BCUT2D eigenvalue weighted by molar-refractivity contribution is 7.10. The highest BCUT2D eigenvalue weighted by Crippen LogP contribution is 2.51. The summed E-state index contributed by atoms with van der Waals surface area (Å²) in [4.78, 5) is 17.5. The van der Waals surface area contributed by atoms with E-state index in [-0.39, 0.29) is 12.0 Å². The molecule has 2 atom stereocenters. The van der Waals surface area contributed by atoms with E-state index in [1.807, 2.05) is 46.5 Å². The van der Waals surface area contributed by atoms with Gasteiger partial charge in [0.25, 0.3) is 0 Å². The van der Waals surface area contributed by atoms with Crippen molar-refractivity contribution in [2.24, 2.45) is 0 Å². The van der Waals surface area contributed by atoms with E-state index in [0.29, 0.717) is 22.3 Å². The number of aromatic nitrogens is 3. The second-order valence-electron chi connectivity index (χ2n) is 7.65. The number of fused-ring (bicyclic) bond motifs is 3. The van der Waals surface area contributed by atoms with Crippen LogP contribution in [0.2, 0.25) is 5.02 Å². The van der Waals surface area contributed by atoms with Crippen LogP contribution < -0.4 is 10.1 Å². The number of hydrogen-bond acceptors (Lipinski definition) is 7. The number of anilines is 1. The molecule has 4 aromatic rings. The van der Waals surface area contributed by atoms with Crippen molar-refractivity contribution in [3.63, 3.8) is 0 Å². The number of methoxy groups -OCH3 is 1. The fraction of sp³-hybridized carbons (Fsp3) is 0.125. The second kappa shape index (κ2) is 7.75. The van der Waals surface area contributed by atoms with Crippen molar-refractivity contribution in [2.45, 2.75) is 12.1 Å². The Morgan fingerprint density at radius 3 is 2.82 bits per heavy atom. The monoisotopic (exact) mass is 476 g/mol. The van der Waals surface area contributed by atoms with Crippen LogP contribution >= 0.6 is 22.9 Å². The van der Waals surface area contributed by atoms with Crippen molar-refractivity contribution in [3.05, 3.63) is 98.5 Å². The Morgan fingerprint density at radius 1 is 1.21 bits per heavy atom. The molecule has 33 heavy (non-hydrogen) atoms. The van der Waals surface area contributed by atoms with Gasteiger partial charge in [-0.1, -0.05) is 29.8 Å². The van der Waals surface area contributed by atoms with Gasteiger partial charge < -0.3 is 14.8 Å². The number of benzene rings is 2. The minimum absolute atomic E-state index is 0.212. The van der Waals surface area contributed by atoms with Crippen molar-refractivity contribution < 1.29 is 14.3 Å². The second-order valence-corrected chi connectivity index (χ2v) is 9.07. The molecule has 0 amide bonds. The number of nitrogens with zero attached hydrogens (tertiary/aromatic N) is 3. The maximum absolute atomic E-state index is 11.9. The Hall–Kier alpha value is -3.62. The molecule has 6 rings (SSSR count). The Bertz CT molecular complexity index is 1400. The van der Waals surface area contributed by atoms with Crippen molar-refractivity contribution in [2.75, 3.05) is 12.4 Å². The number of rotatable bonds is 3. The first kappa shape index (κ1) is 20.0. The maximum atomic E-state index is 11.9. The van der Waals surface area contributed by atoms with Gasteiger partial charge in [-0.2, -0.15) is 10.1 Å². The van der Waals surface area contributed by atoms with Gasteiger partial charge in [0.1, 0.15) is 24.2 Å². The highest BCUT2D eigenvalue weighted by Gasteiger charge is 2.41. The number of carbonyl (C=O) groups excluding carboxylic acids is 1. The molecule has 0 saturated carbocycles. The van der Waals surface area contributed by atoms with Gasteiger partial charge in [0.15, 0.2) is 0 Å². The Balaban J connectivity index is 1.57. The van der Waals surface area contributed by atoms with Gasteiger partial charge >= 0.3 is 5.97 Å². The van der Waals surface area contributed by atoms with Gasteiger partial charge in [0.05, 0.1) is 18.4 Å². The number of ether oxygens (including phenoxy) is 2. The molecule has 1 N–H and O–H groups in total. The fourth-order valence-corrected chi connectivity index (χ4v) is 5.35. The molecular formula is C24H17ClN4O3S. The summed E-state index contributed by atoms with van der Waals surface area (Å²) in [5.41, 5.74) is 4.16. The van der Waals surface area contributed by atoms with Crippen LogP contribution in [0.4, 0.5) is 5.95 Å². The third kappa shape index (κ3) is 3.21. The first-order valence-electron chi connectivity index (χ1n) is 10.2. The lowest BCUT2D eigenvalue weighted by Gasteiger charge is -2.38. The van der Waals surface area contributed by atoms with Crippen molar-refractivity contribution in [1.82, 2.24) is 14.8 Å². The van der Waals surface area contributed by atoms with Crippen molar-refractivity contribution in [1.29, 1.82) is 0 Å². The van der Waals surface area contributed by atoms with Crippen LogP contribution in [-0.4, -0.2) is 27.8 Å². The Kier molecular flexibility index (Phi) is 4.70. The molecule has 7 nitrogen and oxygen atoms in total. The molecular weight excluding hydrogens is 460 g/mol. The van der Waals surface area contributed by atoms with Crippen LogP contribution in [0.25, 0.3) is 5.70 Å². The minimum atomic E-state index is -0.419. The average molecular weight is 477 g/mol. The molecule has 0 unspecified atom stereocenters. The number of esters is 1. The van der Waals surface area contributed by atoms with E-state index in [1.54, 1.807) is 29.8 Å². The zero-order chi connectivity index (χ0) is 22.5. The largest absolute Gasteiger partial charge is 0.480 e. The van der Waals surface area contributed by atoms with Crippen LogP contribution in [0.3, 0.4) is 0 Å². The van der Waals surface area contributed by atoms with Crippen LogP contribution in [-0.2, 0) is 4.74 Å². The van der Waals surface area contributed by atoms with Crippen LogP contribution in [0.15, 0.2) is 71.9 Å². The van der Waals surface area contributed by atoms with E-state index in [1.165, 1.54) is 7.11 Å². The molecule has 164 valence electrons. The number of halogens is 1. The van der Waals surface area contributed by atoms with E-state index in [0.717, 1.165) is 27.3 Å². The minimum Gasteiger partial charge on any atom is -0.480 e. The molecule has 0 aliphatic carbocycles. The molecule has 2 aromatic heterocycles. The van der Waals surface area contributed by atoms with Gasteiger partial charge in [-0.25, -0.2) is 9.48 Å². The molecule has 2 aromatic carbocycles. The van der Waals surface area contributed by atoms with Gasteiger partial charge in [-0.3, -0.25) is 0 Å². The zero-order valence-electron chi connectivity index (χ0n) is 17.4. The Morgan fingerprint density at radius 2 is 2.06 bits per heavy atom. The number of nitrogens with one attached hydrogen (secondary N) is 1. The van der Waals surface area contributed by atoms with Crippen LogP contribution in [0.1, 0.15) is 38.5 Å². The molecule has 0 radical (unpaired) electrons. The molecule has 2 aliphatic rings. The summed E-state index contributed by atoms with van der Waals surface area (Å²) in [7, 11) is 1.37. The fourth-order valence-electron chi connectivity index (χ4n) is 4.35. The molecule has 0 bridgehead atoms. The highest BCUT2D eigenvalue weighted by atomic mass is 35.5. The van der Waals surface area contributed by atoms with Crippen LogP contribution in [0, 0.1) is 0 Å². The summed E-state index contributed by atoms with van der Waals surface area (Å²) >= 11 is 8.01. The lowest BCUT2D eigenvalue weighted by molar-refractivity contribution is 0.0600. The van der Waals surface area contributed by atoms with Crippen LogP contribution in [0.5, 0.6) is 5.75 Å². The number of thiophene rings is 1. The zero-order valence-corrected chi connectivity index (χ0v) is 18.9. The SMILES string of the molecule is COC(=O)c1ccc([C@H]2Oc3ccc(Cl)cc3C3=C2[C@@H](c2cccs2)n2ncnc2N3)cc1. The first-order chi connectivity index (χ1) is 16.1. The summed E-state index contributed by atoms with van der Waals surface area (Å²) in [5, 5.41) is 10.6. The van der Waals surface area contributed by atoms with Gasteiger partial charge in [0, 0.05) is 21.0 Å². The molecule has 4 heterocycles. The van der Waals surface area contributed by atoms with E-state index in [2.05, 4.69) is 21.5 Å². The summed E-state index contributed by atoms with van der Waals surface area (Å²) in [6.07, 6.45) is 1.12. The standard InChI is InChI=1S/C24H17ClN4O3S/c1-31-23(30)14-6-4-13(5-7-14)22-19-20(16-11-15(25)8-9-17(16)32-22)28-24-26-12-27-29(24)21(19)18-3-2-10-33-18/h2-12,21-22H,1H3,(H,26,27,28)/t21-,22-/m1/s1. The molecule has 0 fully saturated rings. The molecule has 9 heteroatoms. The number of carbonyl (C=O) groups is 1. The predicted molar refractivity (Wildman–Crippen MR) is 126 cm³/mol. The first-order valence-corrected chi connectivity index (χ1v) is 11.5. The normalized spacial score (nSPS) is 18.5. The van der Waals surface area contributed by atoms with E-state index in [9.17, 15) is 4.79 Å². The maximum Gasteiger partial charge on any atom is 0.337 e. The average Bonchev–Trinajstić information content (AvgIpc) is 3.54. The smallest absolute Gasteiger partial charge is 0.337 e. The quantitative estimate of drug-likeness (QED) is 0.402. The topological polar surface area (TPSA) is 78.3 Å². The van der Waals surface area contributed by atoms with Gasteiger partial charge in [-0.05, 0) is 47.3 Å². The summed E-state index contributed by atoms with van der Waals surface area (Å²) in [6, 6.07) is 16.8. The molecule has 2 aliphatic heterocycles. The summed E-state index contributed by atoms with van der Waals surface area (Å²) < 4.78 is 13.3. The number of hydrogen-bond donors (Lipinski definition) is 1. The Labute approximate surface area is 198 Å². The lowest BCUT2D eigenvalue weighted by Crippen LogP contribution is -2.32. The van der Waals surface area contributed by atoms with E-state index in [4.69, 9.17) is 21.1 Å². The van der Waals surface area contributed by atoms with Crippen molar-refractivity contribution >= 4 is 40.6 Å². The molecule has 0 saturated heterocycles.